The molecule has 0 aliphatic rings. The van der Waals surface area contributed by atoms with E-state index in [1.165, 1.54) is 7.05 Å². The van der Waals surface area contributed by atoms with Crippen molar-refractivity contribution in [3.63, 3.8) is 0 Å². The van der Waals surface area contributed by atoms with E-state index in [1.54, 1.807) is 27.7 Å². The van der Waals surface area contributed by atoms with Crippen molar-refractivity contribution in [1.29, 1.82) is 0 Å². The molecule has 0 bridgehead atoms. The summed E-state index contributed by atoms with van der Waals surface area (Å²) in [5.74, 6) is -0.00434. The predicted molar refractivity (Wildman–Crippen MR) is 67.1 cm³/mol. The van der Waals surface area contributed by atoms with Crippen LogP contribution < -0.4 is 10.5 Å². The molecule has 0 spiro atoms. The Hall–Kier alpha value is -0.860. The van der Waals surface area contributed by atoms with Crippen LogP contribution in [0.1, 0.15) is 34.1 Å². The molecule has 4 N–H and O–H groups in total. The summed E-state index contributed by atoms with van der Waals surface area (Å²) in [6.07, 6.45) is 0.165. The maximum absolute atomic E-state index is 11.9. The van der Waals surface area contributed by atoms with E-state index in [4.69, 9.17) is 10.9 Å². The molecule has 1 atom stereocenters. The monoisotopic (exact) mass is 266 g/mol. The van der Waals surface area contributed by atoms with Gasteiger partial charge in [-0.1, -0.05) is 5.16 Å². The summed E-state index contributed by atoms with van der Waals surface area (Å²) in [5, 5.41) is 11.3. The number of rotatable bonds is 5. The molecule has 0 aromatic heterocycles. The first-order valence-corrected chi connectivity index (χ1v) is 6.67. The molecule has 0 radical (unpaired) electrons. The van der Waals surface area contributed by atoms with Gasteiger partial charge in [-0.3, -0.25) is 0 Å². The summed E-state index contributed by atoms with van der Waals surface area (Å²) in [5.41, 5.74) is 4.79. The Labute approximate surface area is 103 Å². The first-order chi connectivity index (χ1) is 7.49. The summed E-state index contributed by atoms with van der Waals surface area (Å²) in [7, 11) is -2.13. The van der Waals surface area contributed by atoms with Gasteiger partial charge in [-0.15, -0.1) is 0 Å². The number of nitrogens with zero attached hydrogens (tertiary/aromatic N) is 2. The lowest BCUT2D eigenvalue weighted by Crippen LogP contribution is -2.50. The molecule has 0 aliphatic carbocycles. The summed E-state index contributed by atoms with van der Waals surface area (Å²) < 4.78 is 27.5. The standard InChI is InChI=1S/C9H22N4O3S/c1-7(6-8(10)11-14)13(5)17(15,16)12-9(2,3)4/h7,12,14H,6H2,1-5H3,(H2,10,11). The number of hydrogen-bond donors (Lipinski definition) is 3. The van der Waals surface area contributed by atoms with E-state index in [2.05, 4.69) is 9.88 Å². The van der Waals surface area contributed by atoms with Crippen LogP contribution in [0, 0.1) is 0 Å². The molecule has 0 aromatic carbocycles. The fourth-order valence-corrected chi connectivity index (χ4v) is 2.63. The number of amidine groups is 1. The fourth-order valence-electron chi connectivity index (χ4n) is 1.17. The van der Waals surface area contributed by atoms with Crippen LogP contribution in [0.15, 0.2) is 5.16 Å². The molecule has 0 heterocycles. The molecule has 17 heavy (non-hydrogen) atoms. The van der Waals surface area contributed by atoms with Crippen molar-refractivity contribution in [3.05, 3.63) is 0 Å². The molecule has 0 fully saturated rings. The summed E-state index contributed by atoms with van der Waals surface area (Å²) >= 11 is 0. The van der Waals surface area contributed by atoms with Crippen LogP contribution >= 0.6 is 0 Å². The second-order valence-electron chi connectivity index (χ2n) is 5.02. The van der Waals surface area contributed by atoms with Gasteiger partial charge in [0, 0.05) is 25.0 Å². The van der Waals surface area contributed by atoms with Crippen molar-refractivity contribution in [1.82, 2.24) is 9.03 Å². The minimum atomic E-state index is -3.58. The van der Waals surface area contributed by atoms with Gasteiger partial charge < -0.3 is 10.9 Å². The van der Waals surface area contributed by atoms with Gasteiger partial charge in [0.1, 0.15) is 5.84 Å². The number of hydrogen-bond acceptors (Lipinski definition) is 4. The first-order valence-electron chi connectivity index (χ1n) is 5.23. The van der Waals surface area contributed by atoms with Crippen LogP contribution in [0.25, 0.3) is 0 Å². The fraction of sp³-hybridized carbons (Fsp3) is 0.889. The van der Waals surface area contributed by atoms with E-state index in [0.29, 0.717) is 0 Å². The highest BCUT2D eigenvalue weighted by molar-refractivity contribution is 7.87. The molecular formula is C9H22N4O3S. The third kappa shape index (κ3) is 5.85. The first kappa shape index (κ1) is 16.1. The number of oxime groups is 1. The van der Waals surface area contributed by atoms with Crippen LogP contribution in [0.4, 0.5) is 0 Å². The van der Waals surface area contributed by atoms with Crippen molar-refractivity contribution < 1.29 is 13.6 Å². The van der Waals surface area contributed by atoms with Gasteiger partial charge in [-0.25, -0.2) is 0 Å². The van der Waals surface area contributed by atoms with Gasteiger partial charge in [0.15, 0.2) is 0 Å². The molecule has 0 aromatic rings. The predicted octanol–water partition coefficient (Wildman–Crippen LogP) is 0.0761. The zero-order chi connectivity index (χ0) is 13.9. The highest BCUT2D eigenvalue weighted by atomic mass is 32.2. The van der Waals surface area contributed by atoms with E-state index in [-0.39, 0.29) is 12.3 Å². The second kappa shape index (κ2) is 5.65. The van der Waals surface area contributed by atoms with E-state index in [9.17, 15) is 8.42 Å². The lowest BCUT2D eigenvalue weighted by Gasteiger charge is -2.28. The Balaban J connectivity index is 4.75. The maximum atomic E-state index is 11.9. The van der Waals surface area contributed by atoms with Crippen LogP contribution in [0.5, 0.6) is 0 Å². The molecule has 7 nitrogen and oxygen atoms in total. The average Bonchev–Trinajstić information content (AvgIpc) is 2.12. The van der Waals surface area contributed by atoms with Crippen LogP contribution in [0.2, 0.25) is 0 Å². The zero-order valence-corrected chi connectivity index (χ0v) is 11.7. The van der Waals surface area contributed by atoms with E-state index < -0.39 is 21.8 Å². The minimum absolute atomic E-state index is 0.00434. The van der Waals surface area contributed by atoms with Crippen molar-refractivity contribution in [2.75, 3.05) is 7.05 Å². The third-order valence-corrected chi connectivity index (χ3v) is 4.06. The van der Waals surface area contributed by atoms with Crippen LogP contribution in [-0.2, 0) is 10.2 Å². The maximum Gasteiger partial charge on any atom is 0.279 e. The third-order valence-electron chi connectivity index (χ3n) is 2.07. The Morgan fingerprint density at radius 2 is 2.00 bits per heavy atom. The van der Waals surface area contributed by atoms with Crippen molar-refractivity contribution in [2.24, 2.45) is 10.9 Å². The molecule has 8 heteroatoms. The van der Waals surface area contributed by atoms with Crippen LogP contribution in [-0.4, -0.2) is 42.4 Å². The summed E-state index contributed by atoms with van der Waals surface area (Å²) in [6, 6.07) is -0.397. The minimum Gasteiger partial charge on any atom is -0.409 e. The molecule has 0 aliphatic heterocycles. The Morgan fingerprint density at radius 1 is 1.53 bits per heavy atom. The van der Waals surface area contributed by atoms with Gasteiger partial charge in [-0.2, -0.15) is 17.4 Å². The topological polar surface area (TPSA) is 108 Å². The summed E-state index contributed by atoms with van der Waals surface area (Å²) in [6.45, 7) is 6.95. The Morgan fingerprint density at radius 3 is 2.35 bits per heavy atom. The van der Waals surface area contributed by atoms with Gasteiger partial charge >= 0.3 is 0 Å². The number of nitrogens with two attached hydrogens (primary N) is 1. The van der Waals surface area contributed by atoms with Crippen molar-refractivity contribution >= 4 is 16.0 Å². The largest absolute Gasteiger partial charge is 0.409 e. The Bertz CT molecular complexity index is 372. The molecule has 1 unspecified atom stereocenters. The average molecular weight is 266 g/mol. The van der Waals surface area contributed by atoms with Gasteiger partial charge in [0.05, 0.1) is 0 Å². The molecule has 0 saturated carbocycles. The van der Waals surface area contributed by atoms with Gasteiger partial charge in [0.25, 0.3) is 10.2 Å². The second-order valence-corrected chi connectivity index (χ2v) is 6.75. The van der Waals surface area contributed by atoms with Gasteiger partial charge in [-0.05, 0) is 27.7 Å². The molecule has 0 amide bonds. The van der Waals surface area contributed by atoms with Crippen molar-refractivity contribution in [2.45, 2.75) is 45.7 Å². The molecular weight excluding hydrogens is 244 g/mol. The van der Waals surface area contributed by atoms with E-state index >= 15 is 0 Å². The lowest BCUT2D eigenvalue weighted by molar-refractivity contribution is 0.312. The zero-order valence-electron chi connectivity index (χ0n) is 10.9. The van der Waals surface area contributed by atoms with E-state index in [1.807, 2.05) is 0 Å². The highest BCUT2D eigenvalue weighted by Gasteiger charge is 2.27. The Kier molecular flexibility index (Phi) is 5.37. The number of nitrogens with one attached hydrogen (secondary N) is 1. The molecule has 0 saturated heterocycles. The normalized spacial score (nSPS) is 16.2. The molecule has 102 valence electrons. The SMILES string of the molecule is CC(CC(N)=NO)N(C)S(=O)(=O)NC(C)(C)C. The summed E-state index contributed by atoms with van der Waals surface area (Å²) in [4.78, 5) is 0. The lowest BCUT2D eigenvalue weighted by atomic mass is 10.1. The quantitative estimate of drug-likeness (QED) is 0.283. The molecule has 0 rings (SSSR count). The highest BCUT2D eigenvalue weighted by Crippen LogP contribution is 2.10. The van der Waals surface area contributed by atoms with E-state index in [0.717, 1.165) is 4.31 Å². The smallest absolute Gasteiger partial charge is 0.279 e. The van der Waals surface area contributed by atoms with Crippen molar-refractivity contribution in [3.8, 4) is 0 Å². The van der Waals surface area contributed by atoms with Crippen LogP contribution in [0.3, 0.4) is 0 Å². The van der Waals surface area contributed by atoms with Gasteiger partial charge in [0.2, 0.25) is 0 Å².